The molecule has 0 spiro atoms. The number of nitrogens with zero attached hydrogens (tertiary/aromatic N) is 3. The van der Waals surface area contributed by atoms with Crippen molar-refractivity contribution in [1.82, 2.24) is 14.5 Å². The van der Waals surface area contributed by atoms with Crippen LogP contribution >= 0.6 is 0 Å². The van der Waals surface area contributed by atoms with Crippen molar-refractivity contribution in [2.24, 2.45) is 7.05 Å². The third-order valence-corrected chi connectivity index (χ3v) is 4.38. The number of carbonyl (C=O) groups is 2. The van der Waals surface area contributed by atoms with Crippen LogP contribution in [0.3, 0.4) is 0 Å². The first-order chi connectivity index (χ1) is 13.0. The Kier molecular flexibility index (Phi) is 3.88. The lowest BCUT2D eigenvalue weighted by Gasteiger charge is -2.01. The number of fused-ring (bicyclic) bond motifs is 2. The minimum atomic E-state index is -1.01. The molecule has 27 heavy (non-hydrogen) atoms. The van der Waals surface area contributed by atoms with Gasteiger partial charge in [-0.1, -0.05) is 6.92 Å². The molecular formula is C19H16N4O4. The van der Waals surface area contributed by atoms with Crippen LogP contribution in [0.5, 0.6) is 0 Å². The molecule has 0 atom stereocenters. The Labute approximate surface area is 153 Å². The number of nitrogens with one attached hydrogen (secondary N) is 1. The topological polar surface area (TPSA) is 110 Å². The summed E-state index contributed by atoms with van der Waals surface area (Å²) in [6, 6.07) is 10.1. The van der Waals surface area contributed by atoms with Crippen LogP contribution in [0.1, 0.15) is 34.1 Å². The number of hydrogen-bond donors (Lipinski definition) is 2. The number of ketones is 1. The molecule has 0 amide bonds. The van der Waals surface area contributed by atoms with Crippen molar-refractivity contribution in [1.29, 1.82) is 0 Å². The van der Waals surface area contributed by atoms with E-state index in [1.807, 2.05) is 0 Å². The van der Waals surface area contributed by atoms with Crippen LogP contribution in [-0.2, 0) is 7.05 Å². The maximum Gasteiger partial charge on any atom is 0.335 e. The highest BCUT2D eigenvalue weighted by Gasteiger charge is 2.14. The van der Waals surface area contributed by atoms with Gasteiger partial charge in [0, 0.05) is 19.0 Å². The average molecular weight is 364 g/mol. The number of rotatable bonds is 5. The van der Waals surface area contributed by atoms with E-state index in [1.54, 1.807) is 42.8 Å². The molecule has 8 nitrogen and oxygen atoms in total. The van der Waals surface area contributed by atoms with Crippen molar-refractivity contribution < 1.29 is 19.1 Å². The predicted molar refractivity (Wildman–Crippen MR) is 99.6 cm³/mol. The maximum atomic E-state index is 11.8. The maximum absolute atomic E-state index is 11.8. The van der Waals surface area contributed by atoms with Gasteiger partial charge < -0.3 is 14.1 Å². The van der Waals surface area contributed by atoms with Gasteiger partial charge in [-0.15, -0.1) is 0 Å². The number of carboxylic acids is 1. The molecule has 0 aliphatic carbocycles. The number of anilines is 2. The summed E-state index contributed by atoms with van der Waals surface area (Å²) in [7, 11) is 1.80. The number of oxazole rings is 1. The molecule has 4 rings (SSSR count). The van der Waals surface area contributed by atoms with Gasteiger partial charge >= 0.3 is 12.0 Å². The van der Waals surface area contributed by atoms with Crippen molar-refractivity contribution in [3.8, 4) is 0 Å². The Balaban J connectivity index is 1.70. The van der Waals surface area contributed by atoms with Gasteiger partial charge in [-0.05, 0) is 36.4 Å². The van der Waals surface area contributed by atoms with E-state index in [2.05, 4.69) is 15.3 Å². The van der Waals surface area contributed by atoms with Gasteiger partial charge in [-0.25, -0.2) is 9.78 Å². The lowest BCUT2D eigenvalue weighted by Crippen LogP contribution is -1.99. The summed E-state index contributed by atoms with van der Waals surface area (Å²) in [6.07, 6.45) is 0.420. The van der Waals surface area contributed by atoms with Gasteiger partial charge in [0.05, 0.1) is 16.6 Å². The zero-order chi connectivity index (χ0) is 19.1. The summed E-state index contributed by atoms with van der Waals surface area (Å²) in [6.45, 7) is 1.81. The molecule has 0 unspecified atom stereocenters. The molecule has 0 bridgehead atoms. The summed E-state index contributed by atoms with van der Waals surface area (Å²) in [5.41, 5.74) is 3.20. The van der Waals surface area contributed by atoms with E-state index >= 15 is 0 Å². The number of aromatic carboxylic acids is 1. The van der Waals surface area contributed by atoms with Gasteiger partial charge in [0.25, 0.3) is 0 Å². The van der Waals surface area contributed by atoms with Gasteiger partial charge in [0.15, 0.2) is 11.4 Å². The summed E-state index contributed by atoms with van der Waals surface area (Å²) < 4.78 is 7.48. The second-order valence-corrected chi connectivity index (χ2v) is 6.11. The van der Waals surface area contributed by atoms with Crippen LogP contribution in [0.2, 0.25) is 0 Å². The first-order valence-corrected chi connectivity index (χ1v) is 8.37. The third-order valence-electron chi connectivity index (χ3n) is 4.38. The van der Waals surface area contributed by atoms with E-state index in [1.165, 1.54) is 12.1 Å². The number of imidazole rings is 1. The molecule has 2 aromatic heterocycles. The summed E-state index contributed by atoms with van der Waals surface area (Å²) in [5.74, 6) is -0.509. The summed E-state index contributed by atoms with van der Waals surface area (Å²) in [4.78, 5) is 31.7. The highest BCUT2D eigenvalue weighted by molar-refractivity contribution is 5.98. The zero-order valence-electron chi connectivity index (χ0n) is 14.7. The number of Topliss-reactive ketones (excluding diaryl/α,β-unsaturated/α-hetero) is 1. The van der Waals surface area contributed by atoms with Gasteiger partial charge in [-0.2, -0.15) is 4.98 Å². The molecular weight excluding hydrogens is 348 g/mol. The molecule has 0 fully saturated rings. The SMILES string of the molecule is CCC(=O)c1ccc2nc(Nc3nc4cc(C(=O)O)ccc4n3C)oc2c1. The normalized spacial score (nSPS) is 11.2. The Morgan fingerprint density at radius 2 is 1.89 bits per heavy atom. The van der Waals surface area contributed by atoms with E-state index in [-0.39, 0.29) is 17.4 Å². The molecule has 4 aromatic rings. The minimum absolute atomic E-state index is 0.0346. The van der Waals surface area contributed by atoms with E-state index in [9.17, 15) is 9.59 Å². The fraction of sp³-hybridized carbons (Fsp3) is 0.158. The van der Waals surface area contributed by atoms with Crippen LogP contribution in [0.4, 0.5) is 12.0 Å². The quantitative estimate of drug-likeness (QED) is 0.519. The van der Waals surface area contributed by atoms with Crippen LogP contribution in [0.25, 0.3) is 22.1 Å². The van der Waals surface area contributed by atoms with Crippen LogP contribution in [0, 0.1) is 0 Å². The predicted octanol–water partition coefficient (Wildman–Crippen LogP) is 3.75. The lowest BCUT2D eigenvalue weighted by atomic mass is 10.1. The van der Waals surface area contributed by atoms with Crippen LogP contribution in [0.15, 0.2) is 40.8 Å². The molecule has 0 saturated carbocycles. The number of aromatic nitrogens is 3. The first-order valence-electron chi connectivity index (χ1n) is 8.37. The molecule has 0 aliphatic heterocycles. The Hall–Kier alpha value is -3.68. The first kappa shape index (κ1) is 16.8. The molecule has 2 aromatic carbocycles. The van der Waals surface area contributed by atoms with Crippen LogP contribution in [-0.4, -0.2) is 31.4 Å². The Bertz CT molecular complexity index is 1210. The van der Waals surface area contributed by atoms with E-state index in [4.69, 9.17) is 9.52 Å². The standard InChI is InChI=1S/C19H16N4O4/c1-3-15(24)10-4-6-12-16(9-10)27-19(21-12)22-18-20-13-8-11(17(25)26)5-7-14(13)23(18)2/h4-9H,3H2,1-2H3,(H,25,26)(H,20,21,22). The molecule has 0 saturated heterocycles. The van der Waals surface area contributed by atoms with E-state index in [0.29, 0.717) is 34.5 Å². The highest BCUT2D eigenvalue weighted by atomic mass is 16.4. The number of benzene rings is 2. The smallest absolute Gasteiger partial charge is 0.335 e. The van der Waals surface area contributed by atoms with Crippen LogP contribution < -0.4 is 5.32 Å². The summed E-state index contributed by atoms with van der Waals surface area (Å²) >= 11 is 0. The molecule has 2 N–H and O–H groups in total. The average Bonchev–Trinajstić information content (AvgIpc) is 3.20. The largest absolute Gasteiger partial charge is 0.478 e. The van der Waals surface area contributed by atoms with Gasteiger partial charge in [0.2, 0.25) is 5.95 Å². The van der Waals surface area contributed by atoms with E-state index < -0.39 is 5.97 Å². The Morgan fingerprint density at radius 3 is 2.63 bits per heavy atom. The summed E-state index contributed by atoms with van der Waals surface area (Å²) in [5, 5.41) is 12.1. The van der Waals surface area contributed by atoms with Crippen molar-refractivity contribution >= 4 is 45.8 Å². The molecule has 0 aliphatic rings. The molecule has 8 heteroatoms. The van der Waals surface area contributed by atoms with Crippen molar-refractivity contribution in [3.63, 3.8) is 0 Å². The molecule has 2 heterocycles. The molecule has 0 radical (unpaired) electrons. The Morgan fingerprint density at radius 1 is 1.11 bits per heavy atom. The highest BCUT2D eigenvalue weighted by Crippen LogP contribution is 2.25. The fourth-order valence-corrected chi connectivity index (χ4v) is 2.90. The minimum Gasteiger partial charge on any atom is -0.478 e. The van der Waals surface area contributed by atoms with Crippen molar-refractivity contribution in [3.05, 3.63) is 47.5 Å². The van der Waals surface area contributed by atoms with Crippen molar-refractivity contribution in [2.45, 2.75) is 13.3 Å². The number of carbonyl (C=O) groups excluding carboxylic acids is 1. The van der Waals surface area contributed by atoms with E-state index in [0.717, 1.165) is 5.52 Å². The second-order valence-electron chi connectivity index (χ2n) is 6.11. The monoisotopic (exact) mass is 364 g/mol. The zero-order valence-corrected chi connectivity index (χ0v) is 14.7. The molecule has 136 valence electrons. The van der Waals surface area contributed by atoms with Gasteiger partial charge in [-0.3, -0.25) is 10.1 Å². The number of aryl methyl sites for hydroxylation is 1. The number of carboxylic acid groups (broad SMARTS) is 1. The van der Waals surface area contributed by atoms with Crippen molar-refractivity contribution in [2.75, 3.05) is 5.32 Å². The fourth-order valence-electron chi connectivity index (χ4n) is 2.90. The lowest BCUT2D eigenvalue weighted by molar-refractivity contribution is 0.0696. The number of hydrogen-bond acceptors (Lipinski definition) is 6. The van der Waals surface area contributed by atoms with Gasteiger partial charge in [0.1, 0.15) is 5.52 Å². The second kappa shape index (κ2) is 6.24. The third kappa shape index (κ3) is 2.91.